The van der Waals surface area contributed by atoms with Crippen molar-refractivity contribution in [2.75, 3.05) is 5.75 Å². The van der Waals surface area contributed by atoms with Gasteiger partial charge in [-0.3, -0.25) is 9.59 Å². The minimum absolute atomic E-state index is 0.0670. The van der Waals surface area contributed by atoms with Crippen molar-refractivity contribution in [3.8, 4) is 11.1 Å². The Kier molecular flexibility index (Phi) is 8.80. The number of ketones is 1. The van der Waals surface area contributed by atoms with Crippen molar-refractivity contribution in [2.45, 2.75) is 52.5 Å². The highest BCUT2D eigenvalue weighted by Gasteiger charge is 2.23. The second-order valence-electron chi connectivity index (χ2n) is 10.4. The quantitative estimate of drug-likeness (QED) is 0.403. The third-order valence-corrected chi connectivity index (χ3v) is 7.60. The molecule has 1 N–H and O–H groups in total. The first-order chi connectivity index (χ1) is 18.1. The lowest BCUT2D eigenvalue weighted by molar-refractivity contribution is 0.0523. The van der Waals surface area contributed by atoms with E-state index in [4.69, 9.17) is 4.74 Å². The predicted octanol–water partition coefficient (Wildman–Crippen LogP) is 4.69. The summed E-state index contributed by atoms with van der Waals surface area (Å²) in [4.78, 5) is 38.4. The number of sulfone groups is 1. The number of aryl methyl sites for hydroxylation is 2. The van der Waals surface area contributed by atoms with Crippen molar-refractivity contribution in [2.24, 2.45) is 7.05 Å². The van der Waals surface area contributed by atoms with Crippen molar-refractivity contribution >= 4 is 21.7 Å². The van der Waals surface area contributed by atoms with E-state index in [1.54, 1.807) is 46.8 Å². The standard InChI is InChI=1S/C29H33FN2O6S/c1-7-39(36,37)17-19-9-11-21(27(34)22-10-8-18(2)12-25(22)30)23(13-19)24-16-32(6)26(33)14-20(24)15-31-28(35)38-29(3,4)5/h8-14,16H,7,15,17H2,1-6H3,(H,31,35). The van der Waals surface area contributed by atoms with Crippen molar-refractivity contribution in [3.63, 3.8) is 0 Å². The van der Waals surface area contributed by atoms with Crippen LogP contribution in [0.25, 0.3) is 11.1 Å². The number of amides is 1. The van der Waals surface area contributed by atoms with Gasteiger partial charge in [-0.2, -0.15) is 0 Å². The maximum atomic E-state index is 14.8. The van der Waals surface area contributed by atoms with Crippen molar-refractivity contribution in [3.05, 3.63) is 92.6 Å². The van der Waals surface area contributed by atoms with Crippen molar-refractivity contribution < 1.29 is 27.1 Å². The lowest BCUT2D eigenvalue weighted by Crippen LogP contribution is -2.32. The van der Waals surface area contributed by atoms with Crippen LogP contribution >= 0.6 is 0 Å². The fourth-order valence-corrected chi connectivity index (χ4v) is 4.84. The second-order valence-corrected chi connectivity index (χ2v) is 12.7. The van der Waals surface area contributed by atoms with Crippen LogP contribution in [0.1, 0.15) is 60.3 Å². The molecule has 39 heavy (non-hydrogen) atoms. The summed E-state index contributed by atoms with van der Waals surface area (Å²) in [5.41, 5.74) is 1.03. The monoisotopic (exact) mass is 556 g/mol. The number of carbonyl (C=O) groups is 2. The van der Waals surface area contributed by atoms with Gasteiger partial charge in [0.1, 0.15) is 11.4 Å². The summed E-state index contributed by atoms with van der Waals surface area (Å²) in [5, 5.41) is 2.62. The smallest absolute Gasteiger partial charge is 0.407 e. The Bertz CT molecular complexity index is 1590. The second kappa shape index (κ2) is 11.5. The third kappa shape index (κ3) is 7.63. The summed E-state index contributed by atoms with van der Waals surface area (Å²) in [5.74, 6) is -1.62. The molecular weight excluding hydrogens is 523 g/mol. The van der Waals surface area contributed by atoms with Gasteiger partial charge in [0.2, 0.25) is 0 Å². The number of nitrogens with zero attached hydrogens (tertiary/aromatic N) is 1. The number of hydrogen-bond acceptors (Lipinski definition) is 6. The number of rotatable bonds is 8. The number of halogens is 1. The van der Waals surface area contributed by atoms with Gasteiger partial charge in [0, 0.05) is 42.7 Å². The van der Waals surface area contributed by atoms with Crippen LogP contribution in [-0.4, -0.2) is 36.2 Å². The molecule has 3 aromatic rings. The van der Waals surface area contributed by atoms with E-state index in [0.29, 0.717) is 27.8 Å². The molecule has 0 spiro atoms. The van der Waals surface area contributed by atoms with E-state index < -0.39 is 33.1 Å². The molecule has 0 atom stereocenters. The van der Waals surface area contributed by atoms with Crippen LogP contribution in [0, 0.1) is 12.7 Å². The van der Waals surface area contributed by atoms with Crippen LogP contribution in [0.2, 0.25) is 0 Å². The summed E-state index contributed by atoms with van der Waals surface area (Å²) in [6.45, 7) is 8.29. The number of carbonyl (C=O) groups excluding carboxylic acids is 2. The topological polar surface area (TPSA) is 112 Å². The summed E-state index contributed by atoms with van der Waals surface area (Å²) in [7, 11) is -1.87. The number of hydrogen-bond donors (Lipinski definition) is 1. The summed E-state index contributed by atoms with van der Waals surface area (Å²) >= 11 is 0. The Morgan fingerprint density at radius 1 is 1.03 bits per heavy atom. The van der Waals surface area contributed by atoms with Crippen molar-refractivity contribution in [1.29, 1.82) is 0 Å². The molecule has 0 aliphatic heterocycles. The molecule has 0 bridgehead atoms. The van der Waals surface area contributed by atoms with Gasteiger partial charge in [0.05, 0.1) is 11.3 Å². The van der Waals surface area contributed by atoms with E-state index in [2.05, 4.69) is 5.32 Å². The molecule has 2 aromatic carbocycles. The predicted molar refractivity (Wildman–Crippen MR) is 148 cm³/mol. The van der Waals surface area contributed by atoms with Gasteiger partial charge in [0.15, 0.2) is 15.6 Å². The SMILES string of the molecule is CCS(=O)(=O)Cc1ccc(C(=O)c2ccc(C)cc2F)c(-c2cn(C)c(=O)cc2CNC(=O)OC(C)(C)C)c1. The number of nitrogens with one attached hydrogen (secondary N) is 1. The van der Waals surface area contributed by atoms with E-state index in [-0.39, 0.29) is 34.7 Å². The highest BCUT2D eigenvalue weighted by atomic mass is 32.2. The van der Waals surface area contributed by atoms with Crippen LogP contribution in [-0.2, 0) is 33.9 Å². The summed E-state index contributed by atoms with van der Waals surface area (Å²) < 4.78 is 46.1. The number of aromatic nitrogens is 1. The first-order valence-corrected chi connectivity index (χ1v) is 14.2. The van der Waals surface area contributed by atoms with Crippen LogP contribution in [0.3, 0.4) is 0 Å². The van der Waals surface area contributed by atoms with Crippen LogP contribution in [0.4, 0.5) is 9.18 Å². The number of alkyl carbamates (subject to hydrolysis) is 1. The van der Waals surface area contributed by atoms with E-state index >= 15 is 0 Å². The highest BCUT2D eigenvalue weighted by Crippen LogP contribution is 2.31. The van der Waals surface area contributed by atoms with E-state index in [1.165, 1.54) is 48.1 Å². The van der Waals surface area contributed by atoms with E-state index in [1.807, 2.05) is 0 Å². The molecule has 0 aliphatic carbocycles. The molecule has 0 fully saturated rings. The lowest BCUT2D eigenvalue weighted by Gasteiger charge is -2.20. The fraction of sp³-hybridized carbons (Fsp3) is 0.345. The largest absolute Gasteiger partial charge is 0.444 e. The molecule has 208 valence electrons. The maximum Gasteiger partial charge on any atom is 0.407 e. The summed E-state index contributed by atoms with van der Waals surface area (Å²) in [6.07, 6.45) is 0.805. The van der Waals surface area contributed by atoms with Gasteiger partial charge < -0.3 is 14.6 Å². The minimum atomic E-state index is -3.41. The zero-order chi connectivity index (χ0) is 29.1. The molecule has 0 saturated heterocycles. The third-order valence-electron chi connectivity index (χ3n) is 5.95. The molecule has 1 amide bonds. The molecule has 0 radical (unpaired) electrons. The zero-order valence-electron chi connectivity index (χ0n) is 22.9. The Hall–Kier alpha value is -3.79. The van der Waals surface area contributed by atoms with E-state index in [0.717, 1.165) is 0 Å². The van der Waals surface area contributed by atoms with Gasteiger partial charge in [-0.05, 0) is 68.1 Å². The Morgan fingerprint density at radius 2 is 1.69 bits per heavy atom. The average Bonchev–Trinajstić information content (AvgIpc) is 2.83. The van der Waals surface area contributed by atoms with E-state index in [9.17, 15) is 27.2 Å². The number of pyridine rings is 1. The maximum absolute atomic E-state index is 14.8. The van der Waals surface area contributed by atoms with Gasteiger partial charge in [0.25, 0.3) is 5.56 Å². The molecule has 1 aromatic heterocycles. The Balaban J connectivity index is 2.20. The first kappa shape index (κ1) is 29.8. The number of benzene rings is 2. The van der Waals surface area contributed by atoms with Gasteiger partial charge in [-0.25, -0.2) is 17.6 Å². The molecule has 10 heteroatoms. The van der Waals surface area contributed by atoms with Gasteiger partial charge in [-0.1, -0.05) is 25.1 Å². The molecule has 0 aliphatic rings. The lowest BCUT2D eigenvalue weighted by atomic mass is 9.90. The normalized spacial score (nSPS) is 11.8. The van der Waals surface area contributed by atoms with Gasteiger partial charge >= 0.3 is 6.09 Å². The molecule has 3 rings (SSSR count). The summed E-state index contributed by atoms with van der Waals surface area (Å²) in [6, 6.07) is 10.2. The van der Waals surface area contributed by atoms with Crippen LogP contribution in [0.5, 0.6) is 0 Å². The first-order valence-electron chi connectivity index (χ1n) is 12.4. The molecule has 0 saturated carbocycles. The highest BCUT2D eigenvalue weighted by molar-refractivity contribution is 7.90. The molecule has 0 unspecified atom stereocenters. The Labute approximate surface area is 227 Å². The molecular formula is C29H33FN2O6S. The molecule has 8 nitrogen and oxygen atoms in total. The zero-order valence-corrected chi connectivity index (χ0v) is 23.7. The van der Waals surface area contributed by atoms with Gasteiger partial charge in [-0.15, -0.1) is 0 Å². The van der Waals surface area contributed by atoms with Crippen molar-refractivity contribution in [1.82, 2.24) is 9.88 Å². The van der Waals surface area contributed by atoms with Crippen LogP contribution < -0.4 is 10.9 Å². The molecule has 1 heterocycles. The average molecular weight is 557 g/mol. The minimum Gasteiger partial charge on any atom is -0.444 e. The number of ether oxygens (including phenoxy) is 1. The fourth-order valence-electron chi connectivity index (χ4n) is 3.95. The van der Waals surface area contributed by atoms with Crippen LogP contribution in [0.15, 0.2) is 53.5 Å². The Morgan fingerprint density at radius 3 is 2.31 bits per heavy atom.